The number of carbonyl (C=O) groups excluding carboxylic acids is 1. The number of nitrogens with one attached hydrogen (secondary N) is 2. The van der Waals surface area contributed by atoms with E-state index in [1.165, 1.54) is 12.1 Å². The van der Waals surface area contributed by atoms with E-state index in [-0.39, 0.29) is 23.6 Å². The summed E-state index contributed by atoms with van der Waals surface area (Å²) < 4.78 is 33.2. The van der Waals surface area contributed by atoms with E-state index >= 15 is 0 Å². The maximum atomic E-state index is 12.6. The van der Waals surface area contributed by atoms with Crippen molar-refractivity contribution in [1.82, 2.24) is 10.0 Å². The van der Waals surface area contributed by atoms with Crippen LogP contribution in [0.1, 0.15) is 42.3 Å². The van der Waals surface area contributed by atoms with Crippen molar-refractivity contribution in [2.75, 3.05) is 13.2 Å². The van der Waals surface area contributed by atoms with E-state index in [2.05, 4.69) is 10.0 Å². The fourth-order valence-electron chi connectivity index (χ4n) is 2.74. The van der Waals surface area contributed by atoms with Gasteiger partial charge in [-0.25, -0.2) is 13.1 Å². The number of hydrogen-bond donors (Lipinski definition) is 3. The molecule has 0 fully saturated rings. The molecule has 1 atom stereocenters. The molecule has 0 aromatic heterocycles. The van der Waals surface area contributed by atoms with Gasteiger partial charge in [0.05, 0.1) is 4.90 Å². The highest BCUT2D eigenvalue weighted by atomic mass is 32.2. The van der Waals surface area contributed by atoms with Gasteiger partial charge in [-0.15, -0.1) is 0 Å². The average molecular weight is 435 g/mol. The van der Waals surface area contributed by atoms with E-state index in [9.17, 15) is 18.3 Å². The highest BCUT2D eigenvalue weighted by molar-refractivity contribution is 7.89. The number of sulfonamides is 1. The second-order valence-corrected chi connectivity index (χ2v) is 10.0. The highest BCUT2D eigenvalue weighted by Gasteiger charge is 2.23. The van der Waals surface area contributed by atoms with Gasteiger partial charge in [-0.1, -0.05) is 18.2 Å². The van der Waals surface area contributed by atoms with Gasteiger partial charge in [-0.05, 0) is 70.0 Å². The first-order chi connectivity index (χ1) is 13.9. The summed E-state index contributed by atoms with van der Waals surface area (Å²) >= 11 is 0. The quantitative estimate of drug-likeness (QED) is 0.592. The van der Waals surface area contributed by atoms with Crippen LogP contribution in [0.15, 0.2) is 47.4 Å². The molecule has 7 nitrogen and oxygen atoms in total. The molecule has 2 rings (SSSR count). The maximum absolute atomic E-state index is 12.6. The fraction of sp³-hybridized carbons (Fsp3) is 0.409. The third kappa shape index (κ3) is 7.12. The molecule has 164 valence electrons. The zero-order valence-electron chi connectivity index (χ0n) is 18.0. The summed E-state index contributed by atoms with van der Waals surface area (Å²) in [5, 5.41) is 12.7. The first-order valence-electron chi connectivity index (χ1n) is 9.68. The highest BCUT2D eigenvalue weighted by Crippen LogP contribution is 2.18. The van der Waals surface area contributed by atoms with Crippen molar-refractivity contribution in [3.05, 3.63) is 59.2 Å². The Labute approximate surface area is 178 Å². The molecule has 0 radical (unpaired) electrons. The number of hydrogen-bond acceptors (Lipinski definition) is 5. The van der Waals surface area contributed by atoms with Crippen LogP contribution in [-0.4, -0.2) is 44.2 Å². The Morgan fingerprint density at radius 3 is 2.47 bits per heavy atom. The van der Waals surface area contributed by atoms with Crippen molar-refractivity contribution < 1.29 is 23.1 Å². The van der Waals surface area contributed by atoms with Gasteiger partial charge in [0, 0.05) is 17.6 Å². The number of ether oxygens (including phenoxy) is 1. The van der Waals surface area contributed by atoms with Crippen LogP contribution < -0.4 is 14.8 Å². The molecule has 1 amide bonds. The third-order valence-corrected chi connectivity index (χ3v) is 5.89. The van der Waals surface area contributed by atoms with Gasteiger partial charge in [-0.2, -0.15) is 0 Å². The van der Waals surface area contributed by atoms with E-state index in [1.807, 2.05) is 25.1 Å². The monoisotopic (exact) mass is 434 g/mol. The van der Waals surface area contributed by atoms with Gasteiger partial charge in [0.2, 0.25) is 10.0 Å². The van der Waals surface area contributed by atoms with E-state index in [0.717, 1.165) is 5.56 Å². The van der Waals surface area contributed by atoms with E-state index in [0.29, 0.717) is 11.3 Å². The molecule has 1 unspecified atom stereocenters. The number of benzene rings is 2. The van der Waals surface area contributed by atoms with E-state index < -0.39 is 27.6 Å². The molecule has 0 saturated carbocycles. The number of aliphatic hydroxyl groups excluding tert-OH is 1. The van der Waals surface area contributed by atoms with Crippen LogP contribution in [-0.2, 0) is 10.0 Å². The molecule has 2 aromatic carbocycles. The number of carbonyl (C=O) groups is 1. The number of amides is 1. The Morgan fingerprint density at radius 1 is 1.13 bits per heavy atom. The van der Waals surface area contributed by atoms with Crippen molar-refractivity contribution >= 4 is 15.9 Å². The Hall–Kier alpha value is -2.42. The summed E-state index contributed by atoms with van der Waals surface area (Å²) in [6.07, 6.45) is -0.913. The van der Waals surface area contributed by atoms with Gasteiger partial charge >= 0.3 is 0 Å². The van der Waals surface area contributed by atoms with Gasteiger partial charge < -0.3 is 15.2 Å². The van der Waals surface area contributed by atoms with Crippen LogP contribution in [0.4, 0.5) is 0 Å². The zero-order chi connectivity index (χ0) is 22.5. The van der Waals surface area contributed by atoms with Crippen molar-refractivity contribution in [1.29, 1.82) is 0 Å². The molecule has 0 aliphatic rings. The lowest BCUT2D eigenvalue weighted by Crippen LogP contribution is -2.40. The molecular weight excluding hydrogens is 404 g/mol. The Balaban J connectivity index is 2.01. The molecule has 0 aliphatic heterocycles. The van der Waals surface area contributed by atoms with Gasteiger partial charge in [0.15, 0.2) is 0 Å². The lowest BCUT2D eigenvalue weighted by Gasteiger charge is -2.21. The molecule has 30 heavy (non-hydrogen) atoms. The molecule has 3 N–H and O–H groups in total. The average Bonchev–Trinajstić information content (AvgIpc) is 2.62. The second-order valence-electron chi connectivity index (χ2n) is 8.32. The molecule has 0 aliphatic carbocycles. The summed E-state index contributed by atoms with van der Waals surface area (Å²) in [5.41, 5.74) is 1.26. The Kier molecular flexibility index (Phi) is 7.63. The molecule has 0 heterocycles. The topological polar surface area (TPSA) is 105 Å². The smallest absolute Gasteiger partial charge is 0.251 e. The standard InChI is InChI=1S/C22H30N2O5S/c1-15-7-6-8-18(11-15)29-14-17(25)13-23-21(26)20-12-19(10-9-16(20)2)30(27,28)24-22(3,4)5/h6-12,17,24-25H,13-14H2,1-5H3,(H,23,26). The zero-order valence-corrected chi connectivity index (χ0v) is 18.8. The number of aliphatic hydroxyl groups is 1. The van der Waals surface area contributed by atoms with Crippen LogP contribution in [0.5, 0.6) is 5.75 Å². The SMILES string of the molecule is Cc1cccc(OCC(O)CNC(=O)c2cc(S(=O)(=O)NC(C)(C)C)ccc2C)c1. The lowest BCUT2D eigenvalue weighted by molar-refractivity contribution is 0.0843. The summed E-state index contributed by atoms with van der Waals surface area (Å²) in [5.74, 6) is 0.176. The van der Waals surface area contributed by atoms with Crippen LogP contribution in [0, 0.1) is 13.8 Å². The van der Waals surface area contributed by atoms with Crippen LogP contribution in [0.2, 0.25) is 0 Å². The number of rotatable bonds is 8. The third-order valence-electron chi connectivity index (χ3n) is 4.13. The van der Waals surface area contributed by atoms with Crippen molar-refractivity contribution in [3.63, 3.8) is 0 Å². The van der Waals surface area contributed by atoms with E-state index in [1.54, 1.807) is 39.8 Å². The summed E-state index contributed by atoms with van der Waals surface area (Å²) in [6, 6.07) is 11.8. The second kappa shape index (κ2) is 9.59. The lowest BCUT2D eigenvalue weighted by atomic mass is 10.1. The largest absolute Gasteiger partial charge is 0.491 e. The Bertz CT molecular complexity index is 997. The summed E-state index contributed by atoms with van der Waals surface area (Å²) in [4.78, 5) is 12.6. The van der Waals surface area contributed by atoms with Gasteiger partial charge in [-0.3, -0.25) is 4.79 Å². The molecule has 0 saturated heterocycles. The Morgan fingerprint density at radius 2 is 1.83 bits per heavy atom. The maximum Gasteiger partial charge on any atom is 0.251 e. The van der Waals surface area contributed by atoms with Crippen molar-refractivity contribution in [2.45, 2.75) is 51.2 Å². The first kappa shape index (κ1) is 23.9. The number of aryl methyl sites for hydroxylation is 2. The summed E-state index contributed by atoms with van der Waals surface area (Å²) in [7, 11) is -3.76. The predicted octanol–water partition coefficient (Wildman–Crippen LogP) is 2.55. The normalized spacial score (nSPS) is 13.0. The van der Waals surface area contributed by atoms with Crippen molar-refractivity contribution in [3.8, 4) is 5.75 Å². The first-order valence-corrected chi connectivity index (χ1v) is 11.2. The van der Waals surface area contributed by atoms with Crippen LogP contribution >= 0.6 is 0 Å². The molecular formula is C22H30N2O5S. The predicted molar refractivity (Wildman–Crippen MR) is 116 cm³/mol. The minimum Gasteiger partial charge on any atom is -0.491 e. The molecule has 0 spiro atoms. The van der Waals surface area contributed by atoms with Gasteiger partial charge in [0.1, 0.15) is 18.5 Å². The summed E-state index contributed by atoms with van der Waals surface area (Å²) in [6.45, 7) is 8.89. The molecule has 0 bridgehead atoms. The van der Waals surface area contributed by atoms with Crippen molar-refractivity contribution in [2.24, 2.45) is 0 Å². The molecule has 2 aromatic rings. The van der Waals surface area contributed by atoms with Crippen LogP contribution in [0.3, 0.4) is 0 Å². The van der Waals surface area contributed by atoms with E-state index in [4.69, 9.17) is 4.74 Å². The molecule has 8 heteroatoms. The fourth-order valence-corrected chi connectivity index (χ4v) is 4.18. The van der Waals surface area contributed by atoms with Gasteiger partial charge in [0.25, 0.3) is 5.91 Å². The van der Waals surface area contributed by atoms with Crippen LogP contribution in [0.25, 0.3) is 0 Å². The minimum absolute atomic E-state index is 0.0107. The minimum atomic E-state index is -3.76.